The minimum Gasteiger partial charge on any atom is -0.465 e. The Labute approximate surface area is 184 Å². The van der Waals surface area contributed by atoms with E-state index < -0.39 is 42.1 Å². The molecule has 0 aromatic rings. The molecule has 8 heteroatoms. The minimum atomic E-state index is -1.96. The molecule has 8 nitrogen and oxygen atoms in total. The molecule has 3 rings (SSSR count). The number of carbonyl (C=O) groups is 3. The Balaban J connectivity index is 1.89. The summed E-state index contributed by atoms with van der Waals surface area (Å²) in [4.78, 5) is 40.6. The van der Waals surface area contributed by atoms with Gasteiger partial charge in [0.15, 0.2) is 5.60 Å². The van der Waals surface area contributed by atoms with Gasteiger partial charge in [-0.3, -0.25) is 14.5 Å². The van der Waals surface area contributed by atoms with Crippen LogP contribution >= 0.6 is 0 Å². The molecule has 0 spiro atoms. The van der Waals surface area contributed by atoms with Crippen molar-refractivity contribution in [3.8, 4) is 0 Å². The molecule has 6 atom stereocenters. The van der Waals surface area contributed by atoms with Crippen molar-refractivity contribution in [1.29, 1.82) is 0 Å². The molecular formula is C23H37NO7. The van der Waals surface area contributed by atoms with Crippen LogP contribution in [0.1, 0.15) is 60.3 Å². The first-order valence-corrected chi connectivity index (χ1v) is 11.6. The highest BCUT2D eigenvalue weighted by atomic mass is 16.6. The van der Waals surface area contributed by atoms with Crippen LogP contribution in [-0.2, 0) is 28.6 Å². The van der Waals surface area contributed by atoms with E-state index in [0.29, 0.717) is 6.42 Å². The first-order chi connectivity index (χ1) is 14.5. The summed E-state index contributed by atoms with van der Waals surface area (Å²) < 4.78 is 17.0. The van der Waals surface area contributed by atoms with Crippen molar-refractivity contribution < 1.29 is 33.7 Å². The summed E-state index contributed by atoms with van der Waals surface area (Å²) in [6.45, 7) is 11.0. The molecule has 3 aliphatic rings. The average Bonchev–Trinajstić information content (AvgIpc) is 3.26. The van der Waals surface area contributed by atoms with Crippen LogP contribution in [0.3, 0.4) is 0 Å². The van der Waals surface area contributed by atoms with Crippen molar-refractivity contribution in [3.63, 3.8) is 0 Å². The van der Waals surface area contributed by atoms with Crippen LogP contribution in [-0.4, -0.2) is 71.5 Å². The van der Waals surface area contributed by atoms with Crippen molar-refractivity contribution in [2.45, 2.75) is 84.2 Å². The van der Waals surface area contributed by atoms with Crippen LogP contribution in [0.4, 0.5) is 0 Å². The number of carbonyl (C=O) groups excluding carboxylic acids is 3. The van der Waals surface area contributed by atoms with E-state index in [2.05, 4.69) is 4.90 Å². The van der Waals surface area contributed by atoms with Gasteiger partial charge in [0.05, 0.1) is 25.5 Å². The third-order valence-electron chi connectivity index (χ3n) is 7.39. The van der Waals surface area contributed by atoms with E-state index >= 15 is 0 Å². The Morgan fingerprint density at radius 1 is 1.03 bits per heavy atom. The fourth-order valence-corrected chi connectivity index (χ4v) is 5.23. The maximum Gasteiger partial charge on any atom is 0.339 e. The zero-order valence-electron chi connectivity index (χ0n) is 19.3. The van der Waals surface area contributed by atoms with Crippen molar-refractivity contribution in [2.75, 3.05) is 19.7 Å². The maximum absolute atomic E-state index is 13.1. The quantitative estimate of drug-likeness (QED) is 0.514. The van der Waals surface area contributed by atoms with Gasteiger partial charge in [0, 0.05) is 18.4 Å². The van der Waals surface area contributed by atoms with E-state index in [1.165, 1.54) is 0 Å². The largest absolute Gasteiger partial charge is 0.465 e. The van der Waals surface area contributed by atoms with E-state index in [1.54, 1.807) is 20.8 Å². The molecule has 3 fully saturated rings. The fourth-order valence-electron chi connectivity index (χ4n) is 5.23. The van der Waals surface area contributed by atoms with Crippen molar-refractivity contribution in [1.82, 2.24) is 4.90 Å². The fraction of sp³-hybridized carbons (Fsp3) is 0.870. The highest BCUT2D eigenvalue weighted by molar-refractivity contribution is 5.86. The van der Waals surface area contributed by atoms with E-state index in [1.807, 2.05) is 13.8 Å². The highest BCUT2D eigenvalue weighted by Crippen LogP contribution is 2.37. The van der Waals surface area contributed by atoms with Crippen LogP contribution < -0.4 is 0 Å². The molecule has 0 aromatic carbocycles. The normalized spacial score (nSPS) is 38.3. The molecule has 0 aromatic heterocycles. The predicted molar refractivity (Wildman–Crippen MR) is 112 cm³/mol. The Hall–Kier alpha value is -1.67. The van der Waals surface area contributed by atoms with Crippen LogP contribution in [0.5, 0.6) is 0 Å². The SMILES string of the molecule is CC(C)[C@H]1CC(=O)OC[C@H]2CCN3CC[C@@H](OC(=O)[C@@](O)(C(C)C)CC(=O)O[C@@H]1C)[C@@H]23. The lowest BCUT2D eigenvalue weighted by atomic mass is 9.86. The van der Waals surface area contributed by atoms with Gasteiger partial charge in [-0.1, -0.05) is 27.7 Å². The zero-order chi connectivity index (χ0) is 22.9. The summed E-state index contributed by atoms with van der Waals surface area (Å²) in [6, 6.07) is -0.0370. The minimum absolute atomic E-state index is 0.0370. The van der Waals surface area contributed by atoms with Gasteiger partial charge in [-0.25, -0.2) is 4.79 Å². The van der Waals surface area contributed by atoms with E-state index in [0.717, 1.165) is 19.5 Å². The Bertz CT molecular complexity index is 693. The average molecular weight is 440 g/mol. The van der Waals surface area contributed by atoms with Crippen molar-refractivity contribution in [2.24, 2.45) is 23.7 Å². The van der Waals surface area contributed by atoms with Crippen LogP contribution in [0.25, 0.3) is 0 Å². The molecule has 176 valence electrons. The second-order valence-corrected chi connectivity index (χ2v) is 10.1. The summed E-state index contributed by atoms with van der Waals surface area (Å²) in [5, 5.41) is 11.2. The lowest BCUT2D eigenvalue weighted by Gasteiger charge is -2.33. The number of rotatable bonds is 2. The maximum atomic E-state index is 13.1. The van der Waals surface area contributed by atoms with Gasteiger partial charge in [-0.2, -0.15) is 0 Å². The van der Waals surface area contributed by atoms with Crippen molar-refractivity contribution in [3.05, 3.63) is 0 Å². The Morgan fingerprint density at radius 2 is 1.71 bits per heavy atom. The second-order valence-electron chi connectivity index (χ2n) is 10.1. The number of ether oxygens (including phenoxy) is 3. The van der Waals surface area contributed by atoms with Crippen LogP contribution in [0, 0.1) is 23.7 Å². The molecule has 0 amide bonds. The van der Waals surface area contributed by atoms with Crippen LogP contribution in [0.2, 0.25) is 0 Å². The summed E-state index contributed by atoms with van der Waals surface area (Å²) in [7, 11) is 0. The standard InChI is InChI=1S/C23H37NO7/c1-13(2)17-10-19(25)29-12-16-6-8-24-9-7-18(21(16)24)31-22(27)23(28,14(3)4)11-20(26)30-15(17)5/h13-18,21,28H,6-12H2,1-5H3/t15-,16-,17-,18-,21-,23+/m1/s1. The molecule has 0 unspecified atom stereocenters. The first kappa shape index (κ1) is 24.0. The van der Waals surface area contributed by atoms with Crippen molar-refractivity contribution >= 4 is 17.9 Å². The molecule has 3 heterocycles. The van der Waals surface area contributed by atoms with Gasteiger partial charge in [0.1, 0.15) is 12.2 Å². The van der Waals surface area contributed by atoms with Gasteiger partial charge in [-0.05, 0) is 38.1 Å². The number of esters is 3. The number of nitrogens with zero attached hydrogens (tertiary/aromatic N) is 1. The lowest BCUT2D eigenvalue weighted by molar-refractivity contribution is -0.185. The van der Waals surface area contributed by atoms with E-state index in [9.17, 15) is 19.5 Å². The second kappa shape index (κ2) is 9.45. The van der Waals surface area contributed by atoms with Gasteiger partial charge in [0.2, 0.25) is 0 Å². The van der Waals surface area contributed by atoms with Crippen LogP contribution in [0.15, 0.2) is 0 Å². The first-order valence-electron chi connectivity index (χ1n) is 11.6. The van der Waals surface area contributed by atoms with Gasteiger partial charge in [-0.15, -0.1) is 0 Å². The monoisotopic (exact) mass is 439 g/mol. The summed E-state index contributed by atoms with van der Waals surface area (Å²) in [6.07, 6.45) is 0.248. The Kier molecular flexibility index (Phi) is 7.31. The molecule has 31 heavy (non-hydrogen) atoms. The van der Waals surface area contributed by atoms with Gasteiger partial charge >= 0.3 is 17.9 Å². The number of hydrogen-bond acceptors (Lipinski definition) is 8. The van der Waals surface area contributed by atoms with E-state index in [-0.39, 0.29) is 42.8 Å². The molecular weight excluding hydrogens is 402 g/mol. The predicted octanol–water partition coefficient (Wildman–Crippen LogP) is 1.92. The Morgan fingerprint density at radius 3 is 2.35 bits per heavy atom. The number of cyclic esters (lactones) is 2. The number of aliphatic hydroxyl groups is 1. The third-order valence-corrected chi connectivity index (χ3v) is 7.39. The smallest absolute Gasteiger partial charge is 0.339 e. The van der Waals surface area contributed by atoms with E-state index in [4.69, 9.17) is 14.2 Å². The topological polar surface area (TPSA) is 102 Å². The molecule has 3 saturated heterocycles. The molecule has 0 radical (unpaired) electrons. The summed E-state index contributed by atoms with van der Waals surface area (Å²) >= 11 is 0. The third kappa shape index (κ3) is 5.06. The molecule has 3 aliphatic heterocycles. The summed E-state index contributed by atoms with van der Waals surface area (Å²) in [5.41, 5.74) is -1.96. The van der Waals surface area contributed by atoms with Gasteiger partial charge in [0.25, 0.3) is 0 Å². The zero-order valence-corrected chi connectivity index (χ0v) is 19.3. The number of hydrogen-bond donors (Lipinski definition) is 1. The molecule has 0 saturated carbocycles. The molecule has 0 aliphatic carbocycles. The van der Waals surface area contributed by atoms with Gasteiger partial charge < -0.3 is 19.3 Å². The molecule has 1 N–H and O–H groups in total. The molecule has 0 bridgehead atoms. The summed E-state index contributed by atoms with van der Waals surface area (Å²) in [5.74, 6) is -2.35. The lowest BCUT2D eigenvalue weighted by Crippen LogP contribution is -2.50. The highest BCUT2D eigenvalue weighted by Gasteiger charge is 2.50.